The summed E-state index contributed by atoms with van der Waals surface area (Å²) in [7, 11) is 0. The van der Waals surface area contributed by atoms with Crippen molar-refractivity contribution in [1.29, 1.82) is 0 Å². The van der Waals surface area contributed by atoms with Crippen LogP contribution in [0.4, 0.5) is 0 Å². The Hall–Kier alpha value is -1.59. The Bertz CT molecular complexity index is 646. The van der Waals surface area contributed by atoms with Gasteiger partial charge in [-0.2, -0.15) is 5.10 Å². The second kappa shape index (κ2) is 8.76. The number of amides is 1. The van der Waals surface area contributed by atoms with Crippen molar-refractivity contribution in [3.8, 4) is 0 Å². The number of benzene rings is 2. The summed E-state index contributed by atoms with van der Waals surface area (Å²) in [6.45, 7) is 1.89. The van der Waals surface area contributed by atoms with E-state index in [9.17, 15) is 4.79 Å². The molecule has 0 saturated heterocycles. The molecule has 0 heterocycles. The Morgan fingerprint density at radius 2 is 1.91 bits per heavy atom. The molecule has 2 aromatic carbocycles. The lowest BCUT2D eigenvalue weighted by Gasteiger charge is -2.09. The molecule has 0 radical (unpaired) electrons. The number of halogens is 1. The Labute approximate surface area is 143 Å². The maximum atomic E-state index is 12.0. The van der Waals surface area contributed by atoms with E-state index in [1.54, 1.807) is 18.0 Å². The van der Waals surface area contributed by atoms with Crippen molar-refractivity contribution in [2.45, 2.75) is 17.9 Å². The highest BCUT2D eigenvalue weighted by molar-refractivity contribution is 9.10. The standard InChI is InChI=1S/C17H17BrN2OS/c1-13(22-12-14-7-3-2-4-8-14)17(21)20-19-11-15-9-5-6-10-16(15)18/h2-11,13H,12H2,1H3,(H,20,21)/b19-11-/t13-/m0/s1. The molecule has 1 amide bonds. The fourth-order valence-electron chi connectivity index (χ4n) is 1.71. The van der Waals surface area contributed by atoms with Crippen molar-refractivity contribution in [2.75, 3.05) is 0 Å². The zero-order chi connectivity index (χ0) is 15.8. The van der Waals surface area contributed by atoms with Crippen LogP contribution in [0.5, 0.6) is 0 Å². The highest BCUT2D eigenvalue weighted by Crippen LogP contribution is 2.17. The van der Waals surface area contributed by atoms with Gasteiger partial charge in [-0.3, -0.25) is 4.79 Å². The van der Waals surface area contributed by atoms with Gasteiger partial charge in [-0.1, -0.05) is 64.5 Å². The van der Waals surface area contributed by atoms with Gasteiger partial charge in [0.1, 0.15) is 0 Å². The summed E-state index contributed by atoms with van der Waals surface area (Å²) in [5.74, 6) is 0.716. The molecule has 0 bridgehead atoms. The summed E-state index contributed by atoms with van der Waals surface area (Å²) >= 11 is 5.03. The lowest BCUT2D eigenvalue weighted by atomic mass is 10.2. The monoisotopic (exact) mass is 376 g/mol. The molecule has 0 aliphatic heterocycles. The predicted octanol–water partition coefficient (Wildman–Crippen LogP) is 4.22. The molecule has 0 fully saturated rings. The lowest BCUT2D eigenvalue weighted by molar-refractivity contribution is -0.120. The molecule has 0 aliphatic carbocycles. The van der Waals surface area contributed by atoms with Crippen molar-refractivity contribution >= 4 is 39.8 Å². The summed E-state index contributed by atoms with van der Waals surface area (Å²) in [5.41, 5.74) is 4.72. The summed E-state index contributed by atoms with van der Waals surface area (Å²) in [5, 5.41) is 3.85. The number of carbonyl (C=O) groups excluding carboxylic acids is 1. The Kier molecular flexibility index (Phi) is 6.68. The zero-order valence-corrected chi connectivity index (χ0v) is 14.6. The molecule has 0 aliphatic rings. The van der Waals surface area contributed by atoms with E-state index in [2.05, 4.69) is 38.6 Å². The van der Waals surface area contributed by atoms with E-state index in [0.29, 0.717) is 0 Å². The van der Waals surface area contributed by atoms with Gasteiger partial charge < -0.3 is 0 Å². The molecule has 0 saturated carbocycles. The molecule has 2 aromatic rings. The van der Waals surface area contributed by atoms with Gasteiger partial charge in [-0.25, -0.2) is 5.43 Å². The van der Waals surface area contributed by atoms with Crippen molar-refractivity contribution in [3.05, 3.63) is 70.2 Å². The summed E-state index contributed by atoms with van der Waals surface area (Å²) in [6.07, 6.45) is 1.64. The summed E-state index contributed by atoms with van der Waals surface area (Å²) < 4.78 is 0.944. The summed E-state index contributed by atoms with van der Waals surface area (Å²) in [6, 6.07) is 17.8. The molecule has 0 unspecified atom stereocenters. The van der Waals surface area contributed by atoms with E-state index in [1.807, 2.05) is 49.4 Å². The highest BCUT2D eigenvalue weighted by Gasteiger charge is 2.12. The van der Waals surface area contributed by atoms with Crippen LogP contribution in [0, 0.1) is 0 Å². The third-order valence-electron chi connectivity index (χ3n) is 3.00. The van der Waals surface area contributed by atoms with Crippen LogP contribution in [0.1, 0.15) is 18.1 Å². The van der Waals surface area contributed by atoms with Crippen molar-refractivity contribution < 1.29 is 4.79 Å². The minimum atomic E-state index is -0.156. The summed E-state index contributed by atoms with van der Waals surface area (Å²) in [4.78, 5) is 12.0. The smallest absolute Gasteiger partial charge is 0.252 e. The highest BCUT2D eigenvalue weighted by atomic mass is 79.9. The average Bonchev–Trinajstić information content (AvgIpc) is 2.55. The van der Waals surface area contributed by atoms with Crippen LogP contribution in [-0.2, 0) is 10.5 Å². The first-order valence-corrected chi connectivity index (χ1v) is 8.74. The van der Waals surface area contributed by atoms with E-state index in [4.69, 9.17) is 0 Å². The molecule has 1 atom stereocenters. The van der Waals surface area contributed by atoms with Gasteiger partial charge >= 0.3 is 0 Å². The molecule has 0 spiro atoms. The van der Waals surface area contributed by atoms with Gasteiger partial charge in [0.05, 0.1) is 11.5 Å². The maximum Gasteiger partial charge on any atom is 0.252 e. The number of nitrogens with one attached hydrogen (secondary N) is 1. The van der Waals surface area contributed by atoms with Gasteiger partial charge in [0, 0.05) is 15.8 Å². The Balaban J connectivity index is 1.80. The molecule has 114 valence electrons. The van der Waals surface area contributed by atoms with Crippen molar-refractivity contribution in [3.63, 3.8) is 0 Å². The minimum Gasteiger partial charge on any atom is -0.272 e. The van der Waals surface area contributed by atoms with Gasteiger partial charge in [-0.05, 0) is 18.6 Å². The molecular weight excluding hydrogens is 360 g/mol. The van der Waals surface area contributed by atoms with E-state index < -0.39 is 0 Å². The molecule has 22 heavy (non-hydrogen) atoms. The average molecular weight is 377 g/mol. The normalized spacial score (nSPS) is 12.3. The predicted molar refractivity (Wildman–Crippen MR) is 97.1 cm³/mol. The van der Waals surface area contributed by atoms with Crippen molar-refractivity contribution in [1.82, 2.24) is 5.43 Å². The maximum absolute atomic E-state index is 12.0. The molecular formula is C17H17BrN2OS. The van der Waals surface area contributed by atoms with Gasteiger partial charge in [-0.15, -0.1) is 11.8 Å². The number of hydrogen-bond donors (Lipinski definition) is 1. The quantitative estimate of drug-likeness (QED) is 0.605. The fourth-order valence-corrected chi connectivity index (χ4v) is 2.93. The SMILES string of the molecule is C[C@H](SCc1ccccc1)C(=O)N/N=C\c1ccccc1Br. The number of carbonyl (C=O) groups is 1. The molecule has 1 N–H and O–H groups in total. The van der Waals surface area contributed by atoms with E-state index in [0.717, 1.165) is 15.8 Å². The first-order valence-electron chi connectivity index (χ1n) is 6.90. The van der Waals surface area contributed by atoms with Crippen LogP contribution >= 0.6 is 27.7 Å². The van der Waals surface area contributed by atoms with Crippen LogP contribution < -0.4 is 5.43 Å². The second-order valence-electron chi connectivity index (χ2n) is 4.69. The van der Waals surface area contributed by atoms with Crippen LogP contribution in [0.2, 0.25) is 0 Å². The first-order chi connectivity index (χ1) is 10.7. The molecule has 5 heteroatoms. The number of hydrazone groups is 1. The lowest BCUT2D eigenvalue weighted by Crippen LogP contribution is -2.27. The van der Waals surface area contributed by atoms with Crippen molar-refractivity contribution in [2.24, 2.45) is 5.10 Å². The third-order valence-corrected chi connectivity index (χ3v) is 4.93. The van der Waals surface area contributed by atoms with E-state index in [-0.39, 0.29) is 11.2 Å². The molecule has 2 rings (SSSR count). The number of rotatable bonds is 6. The Morgan fingerprint density at radius 3 is 2.64 bits per heavy atom. The second-order valence-corrected chi connectivity index (χ2v) is 6.88. The van der Waals surface area contributed by atoms with E-state index >= 15 is 0 Å². The fraction of sp³-hybridized carbons (Fsp3) is 0.176. The number of hydrogen-bond acceptors (Lipinski definition) is 3. The topological polar surface area (TPSA) is 41.5 Å². The van der Waals surface area contributed by atoms with Gasteiger partial charge in [0.25, 0.3) is 5.91 Å². The van der Waals surface area contributed by atoms with Crippen LogP contribution in [0.25, 0.3) is 0 Å². The van der Waals surface area contributed by atoms with Gasteiger partial charge in [0.2, 0.25) is 0 Å². The number of thioether (sulfide) groups is 1. The van der Waals surface area contributed by atoms with Crippen LogP contribution in [-0.4, -0.2) is 17.4 Å². The molecule has 0 aromatic heterocycles. The minimum absolute atomic E-state index is 0.0933. The zero-order valence-electron chi connectivity index (χ0n) is 12.2. The van der Waals surface area contributed by atoms with Crippen LogP contribution in [0.3, 0.4) is 0 Å². The Morgan fingerprint density at radius 1 is 1.23 bits per heavy atom. The third kappa shape index (κ3) is 5.31. The van der Waals surface area contributed by atoms with Gasteiger partial charge in [0.15, 0.2) is 0 Å². The molecule has 3 nitrogen and oxygen atoms in total. The number of nitrogens with zero attached hydrogens (tertiary/aromatic N) is 1. The largest absolute Gasteiger partial charge is 0.272 e. The first kappa shape index (κ1) is 16.8. The van der Waals surface area contributed by atoms with E-state index in [1.165, 1.54) is 5.56 Å². The van der Waals surface area contributed by atoms with Crippen LogP contribution in [0.15, 0.2) is 64.2 Å².